The first-order valence-electron chi connectivity index (χ1n) is 12.4. The van der Waals surface area contributed by atoms with Gasteiger partial charge in [0.1, 0.15) is 0 Å². The lowest BCUT2D eigenvalue weighted by Crippen LogP contribution is -2.30. The van der Waals surface area contributed by atoms with Gasteiger partial charge in [-0.1, -0.05) is 51.9 Å². The molecule has 0 bridgehead atoms. The highest BCUT2D eigenvalue weighted by atomic mass is 16.5. The van der Waals surface area contributed by atoms with Crippen molar-refractivity contribution in [3.63, 3.8) is 0 Å². The Kier molecular flexibility index (Phi) is 16.1. The molecular weight excluding hydrogens is 410 g/mol. The number of carbonyl (C=O) groups is 4. The second-order valence-corrected chi connectivity index (χ2v) is 8.86. The van der Waals surface area contributed by atoms with Crippen molar-refractivity contribution in [3.8, 4) is 0 Å². The van der Waals surface area contributed by atoms with Crippen LogP contribution in [0.15, 0.2) is 0 Å². The average Bonchev–Trinajstić information content (AvgIpc) is 2.74. The number of hydrogen-bond donors (Lipinski definition) is 3. The number of amides is 3. The predicted octanol–water partition coefficient (Wildman–Crippen LogP) is 2.99. The van der Waals surface area contributed by atoms with E-state index in [1.54, 1.807) is 0 Å². The highest BCUT2D eigenvalue weighted by Crippen LogP contribution is 2.10. The van der Waals surface area contributed by atoms with Crippen LogP contribution in [0.4, 0.5) is 0 Å². The molecule has 184 valence electrons. The Morgan fingerprint density at radius 2 is 1.06 bits per heavy atom. The third-order valence-corrected chi connectivity index (χ3v) is 5.56. The first-order chi connectivity index (χ1) is 15.5. The van der Waals surface area contributed by atoms with Crippen molar-refractivity contribution in [1.29, 1.82) is 0 Å². The summed E-state index contributed by atoms with van der Waals surface area (Å²) in [6.45, 7) is 3.43. The summed E-state index contributed by atoms with van der Waals surface area (Å²) in [5, 5.41) is 8.61. The molecule has 1 saturated heterocycles. The van der Waals surface area contributed by atoms with Crippen molar-refractivity contribution in [2.75, 3.05) is 26.2 Å². The molecule has 1 heterocycles. The van der Waals surface area contributed by atoms with Gasteiger partial charge in [-0.3, -0.25) is 19.2 Å². The Balaban J connectivity index is 2.34. The van der Waals surface area contributed by atoms with Crippen molar-refractivity contribution >= 4 is 23.7 Å². The predicted molar refractivity (Wildman–Crippen MR) is 124 cm³/mol. The van der Waals surface area contributed by atoms with Crippen molar-refractivity contribution in [2.24, 2.45) is 5.92 Å². The number of esters is 1. The van der Waals surface area contributed by atoms with E-state index in [9.17, 15) is 19.2 Å². The lowest BCUT2D eigenvalue weighted by atomic mass is 10.0. The minimum absolute atomic E-state index is 0.0486. The second-order valence-electron chi connectivity index (χ2n) is 8.86. The van der Waals surface area contributed by atoms with Gasteiger partial charge in [0.05, 0.1) is 0 Å². The van der Waals surface area contributed by atoms with Gasteiger partial charge in [0, 0.05) is 38.9 Å². The van der Waals surface area contributed by atoms with Gasteiger partial charge >= 0.3 is 5.97 Å². The molecule has 0 aliphatic carbocycles. The number of carbonyl (C=O) groups excluding carboxylic acids is 4. The number of cyclic esters (lactones) is 1. The first-order valence-corrected chi connectivity index (χ1v) is 12.4. The zero-order valence-corrected chi connectivity index (χ0v) is 19.8. The second kappa shape index (κ2) is 18.5. The van der Waals surface area contributed by atoms with Crippen LogP contribution in [-0.2, 0) is 23.9 Å². The fraction of sp³-hybridized carbons (Fsp3) is 0.833. The normalized spacial score (nSPS) is 23.7. The molecule has 3 amide bonds. The Hall–Kier alpha value is -2.12. The third-order valence-electron chi connectivity index (χ3n) is 5.56. The Morgan fingerprint density at radius 3 is 1.66 bits per heavy atom. The maximum absolute atomic E-state index is 12.0. The van der Waals surface area contributed by atoms with Crippen molar-refractivity contribution < 1.29 is 23.9 Å². The lowest BCUT2D eigenvalue weighted by molar-refractivity contribution is -0.149. The fourth-order valence-electron chi connectivity index (χ4n) is 3.67. The maximum atomic E-state index is 12.0. The van der Waals surface area contributed by atoms with E-state index in [0.717, 1.165) is 51.5 Å². The monoisotopic (exact) mass is 453 g/mol. The smallest absolute Gasteiger partial charge is 0.306 e. The number of ether oxygens (including phenoxy) is 1. The van der Waals surface area contributed by atoms with Gasteiger partial charge in [-0.25, -0.2) is 0 Å². The molecule has 0 aromatic heterocycles. The Morgan fingerprint density at radius 1 is 0.594 bits per heavy atom. The summed E-state index contributed by atoms with van der Waals surface area (Å²) in [5.74, 6) is -0.889. The summed E-state index contributed by atoms with van der Waals surface area (Å²) in [6.07, 6.45) is 12.3. The summed E-state index contributed by atoms with van der Waals surface area (Å²) in [7, 11) is 0. The van der Waals surface area contributed by atoms with E-state index in [1.807, 2.05) is 6.92 Å². The first kappa shape index (κ1) is 27.9. The van der Waals surface area contributed by atoms with Crippen LogP contribution in [0.2, 0.25) is 0 Å². The molecule has 0 aromatic rings. The Labute approximate surface area is 193 Å². The summed E-state index contributed by atoms with van der Waals surface area (Å²) >= 11 is 0. The summed E-state index contributed by atoms with van der Waals surface area (Å²) in [5.41, 5.74) is 0. The largest absolute Gasteiger partial charge is 0.456 e. The van der Waals surface area contributed by atoms with Crippen LogP contribution >= 0.6 is 0 Å². The summed E-state index contributed by atoms with van der Waals surface area (Å²) < 4.78 is 5.01. The van der Waals surface area contributed by atoms with Gasteiger partial charge in [0.25, 0.3) is 5.91 Å². The van der Waals surface area contributed by atoms with Gasteiger partial charge in [-0.05, 0) is 31.6 Å². The van der Waals surface area contributed by atoms with Gasteiger partial charge < -0.3 is 20.7 Å². The van der Waals surface area contributed by atoms with E-state index >= 15 is 0 Å². The van der Waals surface area contributed by atoms with Gasteiger partial charge in [0.2, 0.25) is 11.8 Å². The van der Waals surface area contributed by atoms with E-state index in [-0.39, 0.29) is 43.1 Å². The summed E-state index contributed by atoms with van der Waals surface area (Å²) in [4.78, 5) is 47.5. The fourth-order valence-corrected chi connectivity index (χ4v) is 3.67. The number of hydrogen-bond acceptors (Lipinski definition) is 5. The molecule has 1 atom stereocenters. The maximum Gasteiger partial charge on any atom is 0.306 e. The quantitative estimate of drug-likeness (QED) is 0.488. The molecule has 8 nitrogen and oxygen atoms in total. The minimum atomic E-state index is -0.469. The number of rotatable bonds is 0. The highest BCUT2D eigenvalue weighted by molar-refractivity contribution is 5.81. The zero-order chi connectivity index (χ0) is 23.4. The van der Waals surface area contributed by atoms with E-state index in [2.05, 4.69) is 16.0 Å². The van der Waals surface area contributed by atoms with Crippen LogP contribution in [0.3, 0.4) is 0 Å². The van der Waals surface area contributed by atoms with E-state index < -0.39 is 5.97 Å². The highest BCUT2D eigenvalue weighted by Gasteiger charge is 2.15. The lowest BCUT2D eigenvalue weighted by Gasteiger charge is -2.12. The standard InChI is InChI=1S/C24H43N3O5/c1-20-17-22(29)26-15-11-7-5-3-2-4-6-10-14-25-21(28)13-9-8-12-16-27-23(30)19-32-24(31)18-20/h20H,2-19H2,1H3,(H,25,28)(H,26,29)(H,27,30). The molecule has 3 N–H and O–H groups in total. The molecule has 1 unspecified atom stereocenters. The SMILES string of the molecule is CC1CC(=O)NCCCCCCCCCCNC(=O)CCCCCNC(=O)COC(=O)C1. The molecule has 1 rings (SSSR count). The van der Waals surface area contributed by atoms with Gasteiger partial charge in [0.15, 0.2) is 6.61 Å². The molecule has 1 aliphatic rings. The molecule has 1 fully saturated rings. The average molecular weight is 454 g/mol. The number of nitrogens with one attached hydrogen (secondary N) is 3. The van der Waals surface area contributed by atoms with E-state index in [0.29, 0.717) is 19.5 Å². The van der Waals surface area contributed by atoms with Crippen LogP contribution in [0.1, 0.15) is 96.8 Å². The Bertz CT molecular complexity index is 568. The molecule has 1 aliphatic heterocycles. The van der Waals surface area contributed by atoms with E-state index in [1.165, 1.54) is 25.7 Å². The van der Waals surface area contributed by atoms with Crippen LogP contribution in [0.25, 0.3) is 0 Å². The summed E-state index contributed by atoms with van der Waals surface area (Å²) in [6, 6.07) is 0. The van der Waals surface area contributed by atoms with Crippen LogP contribution in [0.5, 0.6) is 0 Å². The van der Waals surface area contributed by atoms with Gasteiger partial charge in [-0.15, -0.1) is 0 Å². The zero-order valence-electron chi connectivity index (χ0n) is 19.8. The topological polar surface area (TPSA) is 114 Å². The molecule has 0 saturated carbocycles. The minimum Gasteiger partial charge on any atom is -0.456 e. The molecule has 32 heavy (non-hydrogen) atoms. The van der Waals surface area contributed by atoms with Crippen molar-refractivity contribution in [1.82, 2.24) is 16.0 Å². The van der Waals surface area contributed by atoms with Crippen LogP contribution in [0, 0.1) is 5.92 Å². The van der Waals surface area contributed by atoms with E-state index in [4.69, 9.17) is 4.74 Å². The molecular formula is C24H43N3O5. The van der Waals surface area contributed by atoms with Gasteiger partial charge in [-0.2, -0.15) is 0 Å². The van der Waals surface area contributed by atoms with Crippen LogP contribution < -0.4 is 16.0 Å². The molecule has 0 radical (unpaired) electrons. The molecule has 0 aromatic carbocycles. The molecule has 0 spiro atoms. The third kappa shape index (κ3) is 16.6. The van der Waals surface area contributed by atoms with Crippen molar-refractivity contribution in [3.05, 3.63) is 0 Å². The molecule has 8 heteroatoms. The van der Waals surface area contributed by atoms with Crippen molar-refractivity contribution in [2.45, 2.75) is 96.8 Å². The van der Waals surface area contributed by atoms with Crippen LogP contribution in [-0.4, -0.2) is 49.9 Å².